The molecule has 5 heteroatoms. The highest BCUT2D eigenvalue weighted by atomic mass is 79.9. The Balaban J connectivity index is 1.88. The van der Waals surface area contributed by atoms with E-state index >= 15 is 0 Å². The van der Waals surface area contributed by atoms with Gasteiger partial charge in [-0.05, 0) is 53.1 Å². The molecule has 1 aromatic carbocycles. The zero-order chi connectivity index (χ0) is 14.6. The number of imidazole rings is 1. The number of benzene rings is 1. The lowest BCUT2D eigenvalue weighted by Crippen LogP contribution is -2.18. The summed E-state index contributed by atoms with van der Waals surface area (Å²) >= 11 is 9.20. The van der Waals surface area contributed by atoms with Gasteiger partial charge in [-0.15, -0.1) is 11.6 Å². The Morgan fingerprint density at radius 1 is 1.33 bits per heavy atom. The van der Waals surface area contributed by atoms with E-state index in [0.29, 0.717) is 16.4 Å². The second kappa shape index (κ2) is 5.24. The van der Waals surface area contributed by atoms with Gasteiger partial charge >= 0.3 is 0 Å². The third-order valence-electron chi connectivity index (χ3n) is 5.16. The van der Waals surface area contributed by atoms with Crippen molar-refractivity contribution in [2.24, 2.45) is 11.8 Å². The lowest BCUT2D eigenvalue weighted by molar-refractivity contribution is 0.329. The number of hydrogen-bond donors (Lipinski definition) is 0. The Hall–Kier alpha value is -0.610. The summed E-state index contributed by atoms with van der Waals surface area (Å²) in [6.45, 7) is 0. The molecule has 0 amide bonds. The van der Waals surface area contributed by atoms with E-state index < -0.39 is 0 Å². The van der Waals surface area contributed by atoms with Crippen LogP contribution in [0.5, 0.6) is 0 Å². The van der Waals surface area contributed by atoms with Crippen molar-refractivity contribution < 1.29 is 4.39 Å². The van der Waals surface area contributed by atoms with Crippen molar-refractivity contribution in [3.8, 4) is 0 Å². The summed E-state index contributed by atoms with van der Waals surface area (Å²) in [5.74, 6) is 2.92. The fraction of sp³-hybridized carbons (Fsp3) is 0.562. The molecular weight excluding hydrogens is 355 g/mol. The number of aryl methyl sites for hydroxylation is 1. The molecule has 0 saturated heterocycles. The van der Waals surface area contributed by atoms with E-state index in [4.69, 9.17) is 16.6 Å². The zero-order valence-electron chi connectivity index (χ0n) is 11.7. The Bertz CT molecular complexity index is 699. The number of alkyl halides is 1. The molecule has 0 radical (unpaired) electrons. The topological polar surface area (TPSA) is 17.8 Å². The number of hydrogen-bond acceptors (Lipinski definition) is 1. The first-order valence-corrected chi connectivity index (χ1v) is 8.92. The maximum Gasteiger partial charge on any atom is 0.139 e. The van der Waals surface area contributed by atoms with Gasteiger partial charge in [0.2, 0.25) is 0 Å². The predicted molar refractivity (Wildman–Crippen MR) is 86.3 cm³/mol. The number of fused-ring (bicyclic) bond motifs is 3. The monoisotopic (exact) mass is 370 g/mol. The molecule has 2 bridgehead atoms. The molecule has 4 rings (SSSR count). The molecule has 21 heavy (non-hydrogen) atoms. The van der Waals surface area contributed by atoms with Crippen molar-refractivity contribution >= 4 is 38.6 Å². The molecule has 3 unspecified atom stereocenters. The van der Waals surface area contributed by atoms with Crippen LogP contribution in [0.4, 0.5) is 4.39 Å². The largest absolute Gasteiger partial charge is 0.324 e. The van der Waals surface area contributed by atoms with Crippen molar-refractivity contribution in [1.29, 1.82) is 0 Å². The molecule has 1 aromatic heterocycles. The van der Waals surface area contributed by atoms with Gasteiger partial charge in [-0.3, -0.25) is 0 Å². The van der Waals surface area contributed by atoms with Crippen LogP contribution in [0.15, 0.2) is 16.6 Å². The van der Waals surface area contributed by atoms with Crippen LogP contribution in [0.2, 0.25) is 0 Å². The number of halogens is 3. The summed E-state index contributed by atoms with van der Waals surface area (Å²) < 4.78 is 16.8. The first-order valence-electron chi connectivity index (χ1n) is 7.59. The molecule has 2 aliphatic rings. The van der Waals surface area contributed by atoms with Crippen molar-refractivity contribution in [2.75, 3.05) is 5.88 Å². The molecular formula is C16H17BrClFN2. The third-order valence-corrected chi connectivity index (χ3v) is 5.95. The van der Waals surface area contributed by atoms with Gasteiger partial charge in [-0.25, -0.2) is 9.37 Å². The molecule has 0 aliphatic heterocycles. The van der Waals surface area contributed by atoms with Crippen LogP contribution >= 0.6 is 27.5 Å². The Kier molecular flexibility index (Phi) is 3.49. The van der Waals surface area contributed by atoms with Crippen LogP contribution < -0.4 is 0 Å². The second-order valence-electron chi connectivity index (χ2n) is 6.33. The lowest BCUT2D eigenvalue weighted by atomic mass is 9.95. The van der Waals surface area contributed by atoms with Crippen LogP contribution in [0.3, 0.4) is 0 Å². The van der Waals surface area contributed by atoms with E-state index in [1.807, 2.05) is 0 Å². The Morgan fingerprint density at radius 2 is 2.19 bits per heavy atom. The first-order chi connectivity index (χ1) is 10.2. The van der Waals surface area contributed by atoms with E-state index in [-0.39, 0.29) is 5.82 Å². The summed E-state index contributed by atoms with van der Waals surface area (Å²) in [6.07, 6.45) is 5.93. The van der Waals surface area contributed by atoms with Gasteiger partial charge in [0.05, 0.1) is 15.5 Å². The average molecular weight is 372 g/mol. The second-order valence-corrected chi connectivity index (χ2v) is 7.57. The Morgan fingerprint density at radius 3 is 2.86 bits per heavy atom. The van der Waals surface area contributed by atoms with E-state index in [2.05, 4.69) is 20.5 Å². The molecule has 112 valence electrons. The van der Waals surface area contributed by atoms with Gasteiger partial charge in [-0.2, -0.15) is 0 Å². The van der Waals surface area contributed by atoms with Crippen LogP contribution in [0.25, 0.3) is 11.0 Å². The molecule has 0 spiro atoms. The van der Waals surface area contributed by atoms with Crippen molar-refractivity contribution in [2.45, 2.75) is 38.1 Å². The molecule has 2 nitrogen and oxygen atoms in total. The maximum atomic E-state index is 14.0. The van der Waals surface area contributed by atoms with Gasteiger partial charge in [0.15, 0.2) is 0 Å². The molecule has 2 saturated carbocycles. The highest BCUT2D eigenvalue weighted by molar-refractivity contribution is 9.10. The molecule has 3 atom stereocenters. The highest BCUT2D eigenvalue weighted by Crippen LogP contribution is 2.51. The van der Waals surface area contributed by atoms with Gasteiger partial charge in [-0.1, -0.05) is 6.42 Å². The van der Waals surface area contributed by atoms with Crippen LogP contribution in [0, 0.1) is 17.7 Å². The minimum absolute atomic E-state index is 0.218. The van der Waals surface area contributed by atoms with Crippen LogP contribution in [0.1, 0.15) is 37.5 Å². The molecule has 2 aromatic rings. The smallest absolute Gasteiger partial charge is 0.139 e. The summed E-state index contributed by atoms with van der Waals surface area (Å²) in [4.78, 5) is 4.71. The van der Waals surface area contributed by atoms with Crippen molar-refractivity contribution in [3.05, 3.63) is 28.2 Å². The van der Waals surface area contributed by atoms with Gasteiger partial charge in [0, 0.05) is 24.4 Å². The zero-order valence-corrected chi connectivity index (χ0v) is 14.0. The van der Waals surface area contributed by atoms with E-state index in [1.54, 1.807) is 12.1 Å². The number of nitrogens with zero attached hydrogens (tertiary/aromatic N) is 2. The lowest BCUT2D eigenvalue weighted by Gasteiger charge is -2.25. The van der Waals surface area contributed by atoms with Crippen molar-refractivity contribution in [3.63, 3.8) is 0 Å². The van der Waals surface area contributed by atoms with Crippen LogP contribution in [-0.4, -0.2) is 15.4 Å². The highest BCUT2D eigenvalue weighted by Gasteiger charge is 2.41. The van der Waals surface area contributed by atoms with E-state index in [1.165, 1.54) is 25.7 Å². The third kappa shape index (κ3) is 2.22. The predicted octanol–water partition coefficient (Wildman–Crippen LogP) is 5.08. The number of aromatic nitrogens is 2. The van der Waals surface area contributed by atoms with Crippen molar-refractivity contribution in [1.82, 2.24) is 9.55 Å². The van der Waals surface area contributed by atoms with Gasteiger partial charge < -0.3 is 4.57 Å². The minimum atomic E-state index is -0.218. The Labute approximate surface area is 136 Å². The maximum absolute atomic E-state index is 14.0. The fourth-order valence-electron chi connectivity index (χ4n) is 4.30. The normalized spacial score (nSPS) is 27.9. The van der Waals surface area contributed by atoms with Gasteiger partial charge in [0.25, 0.3) is 0 Å². The summed E-state index contributed by atoms with van der Waals surface area (Å²) in [6, 6.07) is 3.88. The quantitative estimate of drug-likeness (QED) is 0.688. The fourth-order valence-corrected chi connectivity index (χ4v) is 4.80. The SMILES string of the molecule is Fc1cc2c(cc1Br)nc(CCCl)n2C1CC2CCC1C2. The molecule has 1 heterocycles. The summed E-state index contributed by atoms with van der Waals surface area (Å²) in [5.41, 5.74) is 1.79. The van der Waals surface area contributed by atoms with Gasteiger partial charge in [0.1, 0.15) is 11.6 Å². The molecule has 2 aliphatic carbocycles. The minimum Gasteiger partial charge on any atom is -0.324 e. The summed E-state index contributed by atoms with van der Waals surface area (Å²) in [7, 11) is 0. The number of rotatable bonds is 3. The molecule has 2 fully saturated rings. The van der Waals surface area contributed by atoms with E-state index in [9.17, 15) is 4.39 Å². The summed E-state index contributed by atoms with van der Waals surface area (Å²) in [5, 5.41) is 0. The first kappa shape index (κ1) is 14.0. The van der Waals surface area contributed by atoms with E-state index in [0.717, 1.165) is 35.1 Å². The molecule has 0 N–H and O–H groups in total. The van der Waals surface area contributed by atoms with Crippen LogP contribution in [-0.2, 0) is 6.42 Å². The standard InChI is InChI=1S/C16H17BrClFN2/c17-11-7-13-15(8-12(11)19)21(16(20-13)3-4-18)14-6-9-1-2-10(14)5-9/h7-10,14H,1-6H2. The average Bonchev–Trinajstić information content (AvgIpc) is 3.13.